The minimum absolute atomic E-state index is 0.164. The van der Waals surface area contributed by atoms with Crippen molar-refractivity contribution in [3.63, 3.8) is 0 Å². The Kier molecular flexibility index (Phi) is 4.74. The van der Waals surface area contributed by atoms with E-state index in [0.717, 1.165) is 27.8 Å². The van der Waals surface area contributed by atoms with Crippen LogP contribution in [0.15, 0.2) is 45.3 Å². The normalized spacial score (nSPS) is 21.7. The van der Waals surface area contributed by atoms with Crippen LogP contribution < -0.4 is 10.6 Å². The summed E-state index contributed by atoms with van der Waals surface area (Å²) in [7, 11) is 0. The Morgan fingerprint density at radius 2 is 1.96 bits per heavy atom. The van der Waals surface area contributed by atoms with Gasteiger partial charge in [-0.05, 0) is 49.9 Å². The second-order valence-corrected chi connectivity index (χ2v) is 8.26. The smallest absolute Gasteiger partial charge is 0.325 e. The van der Waals surface area contributed by atoms with Gasteiger partial charge in [0, 0.05) is 10.0 Å². The fourth-order valence-electron chi connectivity index (χ4n) is 3.42. The number of nitrogens with one attached hydrogen (secondary N) is 2. The topological polar surface area (TPSA) is 91.7 Å². The number of benzene rings is 1. The van der Waals surface area contributed by atoms with Crippen LogP contribution in [-0.2, 0) is 16.1 Å². The molecule has 2 heterocycles. The maximum atomic E-state index is 12.6. The number of hydrogen-bond acceptors (Lipinski definition) is 4. The maximum Gasteiger partial charge on any atom is 0.325 e. The number of furan rings is 1. The molecule has 4 rings (SSSR count). The van der Waals surface area contributed by atoms with Gasteiger partial charge in [-0.15, -0.1) is 0 Å². The van der Waals surface area contributed by atoms with E-state index in [9.17, 15) is 14.4 Å². The molecule has 0 bridgehead atoms. The average molecular weight is 446 g/mol. The molecule has 4 amide bonds. The van der Waals surface area contributed by atoms with Crippen LogP contribution in [0.2, 0.25) is 0 Å². The molecular weight excluding hydrogens is 426 g/mol. The molecule has 2 aromatic rings. The predicted molar refractivity (Wildman–Crippen MR) is 105 cm³/mol. The fourth-order valence-corrected chi connectivity index (χ4v) is 3.69. The zero-order valence-electron chi connectivity index (χ0n) is 15.3. The summed E-state index contributed by atoms with van der Waals surface area (Å²) >= 11 is 3.39. The lowest BCUT2D eigenvalue weighted by Gasteiger charge is -2.20. The molecule has 1 unspecified atom stereocenters. The van der Waals surface area contributed by atoms with Crippen LogP contribution in [0, 0.1) is 5.92 Å². The highest BCUT2D eigenvalue weighted by Crippen LogP contribution is 2.42. The molecule has 2 fully saturated rings. The summed E-state index contributed by atoms with van der Waals surface area (Å²) in [6, 6.07) is 10.8. The third-order valence-electron chi connectivity index (χ3n) is 5.25. The quantitative estimate of drug-likeness (QED) is 0.668. The highest BCUT2D eigenvalue weighted by molar-refractivity contribution is 9.10. The molecule has 1 aromatic carbocycles. The Hall–Kier alpha value is -2.61. The van der Waals surface area contributed by atoms with E-state index >= 15 is 0 Å². The maximum absolute atomic E-state index is 12.6. The summed E-state index contributed by atoms with van der Waals surface area (Å²) in [6.07, 6.45) is 1.84. The van der Waals surface area contributed by atoms with E-state index in [4.69, 9.17) is 4.42 Å². The Labute approximate surface area is 170 Å². The second-order valence-electron chi connectivity index (χ2n) is 7.35. The van der Waals surface area contributed by atoms with Gasteiger partial charge in [0.2, 0.25) is 5.91 Å². The molecule has 1 aliphatic heterocycles. The summed E-state index contributed by atoms with van der Waals surface area (Å²) in [4.78, 5) is 37.9. The molecule has 0 radical (unpaired) electrons. The van der Waals surface area contributed by atoms with Crippen LogP contribution >= 0.6 is 15.9 Å². The van der Waals surface area contributed by atoms with Gasteiger partial charge in [0.15, 0.2) is 0 Å². The molecule has 2 aliphatic rings. The lowest BCUT2D eigenvalue weighted by Crippen LogP contribution is -2.46. The molecule has 2 N–H and O–H groups in total. The van der Waals surface area contributed by atoms with E-state index in [1.807, 2.05) is 30.3 Å². The first-order valence-corrected chi connectivity index (χ1v) is 9.91. The zero-order valence-corrected chi connectivity index (χ0v) is 16.9. The number of urea groups is 1. The molecule has 1 saturated heterocycles. The third kappa shape index (κ3) is 3.56. The van der Waals surface area contributed by atoms with Crippen LogP contribution in [0.3, 0.4) is 0 Å². The summed E-state index contributed by atoms with van der Waals surface area (Å²) in [5.41, 5.74) is 0.0530. The van der Waals surface area contributed by atoms with E-state index in [2.05, 4.69) is 26.6 Å². The van der Waals surface area contributed by atoms with Gasteiger partial charge in [0.05, 0.1) is 6.54 Å². The van der Waals surface area contributed by atoms with Crippen LogP contribution in [0.4, 0.5) is 4.79 Å². The molecular formula is C20H20BrN3O4. The molecule has 1 aromatic heterocycles. The van der Waals surface area contributed by atoms with Gasteiger partial charge in [-0.1, -0.05) is 28.1 Å². The number of halogens is 1. The Balaban J connectivity index is 1.33. The van der Waals surface area contributed by atoms with Crippen molar-refractivity contribution < 1.29 is 18.8 Å². The highest BCUT2D eigenvalue weighted by atomic mass is 79.9. The van der Waals surface area contributed by atoms with Crippen molar-refractivity contribution in [3.05, 3.63) is 46.6 Å². The first-order valence-electron chi connectivity index (χ1n) is 9.12. The van der Waals surface area contributed by atoms with E-state index in [1.165, 1.54) is 0 Å². The Bertz CT molecular complexity index is 935. The number of carbonyl (C=O) groups excluding carboxylic acids is 3. The number of nitrogens with zero attached hydrogens (tertiary/aromatic N) is 1. The number of carbonyl (C=O) groups is 3. The standard InChI is InChI=1S/C20H20BrN3O4/c1-20(13-4-5-13)18(26)24(19(27)23-20)11-17(25)22-10-15-8-9-16(28-15)12-2-6-14(21)7-3-12/h2-3,6-9,13H,4-5,10-11H2,1H3,(H,22,25)(H,23,27). The summed E-state index contributed by atoms with van der Waals surface area (Å²) < 4.78 is 6.74. The molecule has 1 saturated carbocycles. The molecule has 8 heteroatoms. The van der Waals surface area contributed by atoms with Gasteiger partial charge in [-0.2, -0.15) is 0 Å². The number of imide groups is 1. The largest absolute Gasteiger partial charge is 0.459 e. The average Bonchev–Trinajstić information content (AvgIpc) is 3.39. The van der Waals surface area contributed by atoms with Crippen molar-refractivity contribution in [1.82, 2.24) is 15.5 Å². The lowest BCUT2D eigenvalue weighted by atomic mass is 9.96. The van der Waals surface area contributed by atoms with Gasteiger partial charge in [-0.25, -0.2) is 4.79 Å². The van der Waals surface area contributed by atoms with Gasteiger partial charge in [0.25, 0.3) is 5.91 Å². The van der Waals surface area contributed by atoms with Crippen molar-refractivity contribution >= 4 is 33.8 Å². The monoisotopic (exact) mass is 445 g/mol. The first kappa shape index (κ1) is 18.7. The molecule has 1 atom stereocenters. The Morgan fingerprint density at radius 1 is 1.25 bits per heavy atom. The van der Waals surface area contributed by atoms with Gasteiger partial charge in [-0.3, -0.25) is 14.5 Å². The SMILES string of the molecule is CC1(C2CC2)NC(=O)N(CC(=O)NCc2ccc(-c3ccc(Br)cc3)o2)C1=O. The van der Waals surface area contributed by atoms with Gasteiger partial charge >= 0.3 is 6.03 Å². The third-order valence-corrected chi connectivity index (χ3v) is 5.78. The lowest BCUT2D eigenvalue weighted by molar-refractivity contribution is -0.135. The molecule has 0 spiro atoms. The summed E-state index contributed by atoms with van der Waals surface area (Å²) in [6.45, 7) is 1.61. The van der Waals surface area contributed by atoms with Crippen molar-refractivity contribution in [2.24, 2.45) is 5.92 Å². The summed E-state index contributed by atoms with van der Waals surface area (Å²) in [5.74, 6) is 0.713. The van der Waals surface area contributed by atoms with E-state index < -0.39 is 17.5 Å². The first-order chi connectivity index (χ1) is 13.4. The molecule has 7 nitrogen and oxygen atoms in total. The molecule has 1 aliphatic carbocycles. The number of rotatable bonds is 6. The van der Waals surface area contributed by atoms with Crippen molar-refractivity contribution in [2.45, 2.75) is 31.8 Å². The minimum atomic E-state index is -0.877. The van der Waals surface area contributed by atoms with Crippen molar-refractivity contribution in [3.8, 4) is 11.3 Å². The van der Waals surface area contributed by atoms with Crippen LogP contribution in [0.1, 0.15) is 25.5 Å². The minimum Gasteiger partial charge on any atom is -0.459 e. The van der Waals surface area contributed by atoms with Crippen LogP contribution in [0.25, 0.3) is 11.3 Å². The van der Waals surface area contributed by atoms with E-state index in [1.54, 1.807) is 13.0 Å². The number of amides is 4. The zero-order chi connectivity index (χ0) is 19.9. The highest BCUT2D eigenvalue weighted by Gasteiger charge is 2.56. The second kappa shape index (κ2) is 7.09. The van der Waals surface area contributed by atoms with Gasteiger partial charge < -0.3 is 15.1 Å². The van der Waals surface area contributed by atoms with Crippen LogP contribution in [-0.4, -0.2) is 34.8 Å². The fraction of sp³-hybridized carbons (Fsp3) is 0.350. The Morgan fingerprint density at radius 3 is 2.64 bits per heavy atom. The predicted octanol–water partition coefficient (Wildman–Crippen LogP) is 3.05. The van der Waals surface area contributed by atoms with Gasteiger partial charge in [0.1, 0.15) is 23.6 Å². The van der Waals surface area contributed by atoms with E-state index in [0.29, 0.717) is 11.5 Å². The summed E-state index contributed by atoms with van der Waals surface area (Å²) in [5, 5.41) is 5.43. The van der Waals surface area contributed by atoms with E-state index in [-0.39, 0.29) is 24.9 Å². The molecule has 28 heavy (non-hydrogen) atoms. The van der Waals surface area contributed by atoms with Crippen LogP contribution in [0.5, 0.6) is 0 Å². The van der Waals surface area contributed by atoms with Crippen molar-refractivity contribution in [2.75, 3.05) is 6.54 Å². The van der Waals surface area contributed by atoms with Crippen molar-refractivity contribution in [1.29, 1.82) is 0 Å². The number of hydrogen-bond donors (Lipinski definition) is 2. The molecule has 146 valence electrons.